The zero-order valence-electron chi connectivity index (χ0n) is 34.3. The SMILES string of the molecule is COc1cc2c3cc1Oc1c(OC)c(OC)cc4c1[C@@H](Cc1ccc(OCCCNC(=O)c5ccc(C=O)cc5)c(c1)Oc1ccc(cc1)CC3N(C)CC2)N(C)CC4. The highest BCUT2D eigenvalue weighted by Gasteiger charge is 2.35. The molecule has 4 heterocycles. The van der Waals surface area contributed by atoms with E-state index in [1.165, 1.54) is 16.7 Å². The van der Waals surface area contributed by atoms with Crippen LogP contribution in [0.5, 0.6) is 46.0 Å². The molecular weight excluding hydrogens is 747 g/mol. The number of ether oxygens (including phenoxy) is 6. The van der Waals surface area contributed by atoms with Gasteiger partial charge in [-0.2, -0.15) is 0 Å². The Morgan fingerprint density at radius 1 is 0.746 bits per heavy atom. The zero-order valence-corrected chi connectivity index (χ0v) is 34.3. The van der Waals surface area contributed by atoms with Gasteiger partial charge in [-0.25, -0.2) is 0 Å². The summed E-state index contributed by atoms with van der Waals surface area (Å²) < 4.78 is 38.1. The highest BCUT2D eigenvalue weighted by Crippen LogP contribution is 2.52. The fraction of sp³-hybridized carbons (Fsp3) is 0.333. The normalized spacial score (nSPS) is 17.3. The number of aldehydes is 1. The molecule has 1 amide bonds. The van der Waals surface area contributed by atoms with Gasteiger partial charge in [-0.05, 0) is 129 Å². The van der Waals surface area contributed by atoms with E-state index in [-0.39, 0.29) is 18.0 Å². The van der Waals surface area contributed by atoms with Crippen LogP contribution < -0.4 is 33.7 Å². The molecule has 6 bridgehead atoms. The zero-order chi connectivity index (χ0) is 41.0. The summed E-state index contributed by atoms with van der Waals surface area (Å²) in [7, 11) is 9.34. The van der Waals surface area contributed by atoms with Crippen LogP contribution in [0.4, 0.5) is 0 Å². The number of hydrogen-bond acceptors (Lipinski definition) is 10. The first-order chi connectivity index (χ1) is 28.8. The van der Waals surface area contributed by atoms with Gasteiger partial charge in [0.25, 0.3) is 5.91 Å². The van der Waals surface area contributed by atoms with Crippen molar-refractivity contribution < 1.29 is 38.0 Å². The van der Waals surface area contributed by atoms with Crippen LogP contribution in [0.25, 0.3) is 0 Å². The second kappa shape index (κ2) is 17.4. The molecule has 0 fully saturated rings. The van der Waals surface area contributed by atoms with E-state index in [0.29, 0.717) is 83.1 Å². The molecule has 5 aromatic rings. The quantitative estimate of drug-likeness (QED) is 0.110. The minimum Gasteiger partial charge on any atom is -0.493 e. The molecule has 306 valence electrons. The first-order valence-electron chi connectivity index (χ1n) is 20.2. The second-order valence-corrected chi connectivity index (χ2v) is 15.4. The van der Waals surface area contributed by atoms with E-state index in [2.05, 4.69) is 71.7 Å². The molecule has 9 rings (SSSR count). The van der Waals surface area contributed by atoms with E-state index in [1.807, 2.05) is 18.2 Å². The van der Waals surface area contributed by atoms with Gasteiger partial charge in [0, 0.05) is 48.4 Å². The van der Waals surface area contributed by atoms with Crippen LogP contribution in [0.1, 0.15) is 72.6 Å². The number of nitrogens with zero attached hydrogens (tertiary/aromatic N) is 2. The van der Waals surface area contributed by atoms with Crippen molar-refractivity contribution >= 4 is 12.2 Å². The average molecular weight is 798 g/mol. The average Bonchev–Trinajstić information content (AvgIpc) is 3.26. The molecule has 4 aliphatic rings. The lowest BCUT2D eigenvalue weighted by molar-refractivity contribution is 0.0950. The van der Waals surface area contributed by atoms with Crippen molar-refractivity contribution in [3.8, 4) is 46.0 Å². The van der Waals surface area contributed by atoms with Crippen molar-refractivity contribution in [2.75, 3.05) is 61.7 Å². The van der Waals surface area contributed by atoms with Crippen LogP contribution in [0.15, 0.2) is 84.9 Å². The van der Waals surface area contributed by atoms with Crippen LogP contribution >= 0.6 is 0 Å². The number of carbonyl (C=O) groups is 2. The van der Waals surface area contributed by atoms with Crippen molar-refractivity contribution in [1.29, 1.82) is 0 Å². The second-order valence-electron chi connectivity index (χ2n) is 15.4. The number of amides is 1. The number of methoxy groups -OCH3 is 3. The van der Waals surface area contributed by atoms with Gasteiger partial charge in [0.15, 0.2) is 34.5 Å². The van der Waals surface area contributed by atoms with Gasteiger partial charge in [0.2, 0.25) is 5.75 Å². The van der Waals surface area contributed by atoms with Crippen LogP contribution in [-0.4, -0.2) is 83.7 Å². The van der Waals surface area contributed by atoms with Gasteiger partial charge in [-0.1, -0.05) is 30.3 Å². The topological polar surface area (TPSA) is 108 Å². The fourth-order valence-electron chi connectivity index (χ4n) is 8.50. The minimum absolute atomic E-state index is 0.0768. The molecule has 11 heteroatoms. The van der Waals surface area contributed by atoms with Crippen molar-refractivity contribution in [2.45, 2.75) is 44.2 Å². The summed E-state index contributed by atoms with van der Waals surface area (Å²) in [6.45, 7) is 2.55. The third kappa shape index (κ3) is 8.31. The van der Waals surface area contributed by atoms with E-state index >= 15 is 0 Å². The molecule has 1 unspecified atom stereocenters. The minimum atomic E-state index is -0.202. The Kier molecular flexibility index (Phi) is 11.8. The van der Waals surface area contributed by atoms with Crippen molar-refractivity contribution in [1.82, 2.24) is 15.1 Å². The predicted molar refractivity (Wildman–Crippen MR) is 225 cm³/mol. The van der Waals surface area contributed by atoms with Gasteiger partial charge in [-0.15, -0.1) is 0 Å². The number of carbonyl (C=O) groups excluding carboxylic acids is 2. The predicted octanol–water partition coefficient (Wildman–Crippen LogP) is 8.17. The molecule has 0 spiro atoms. The number of likely N-dealkylation sites (N-methyl/N-ethyl adjacent to an activating group) is 2. The standard InChI is InChI=1S/C48H51N3O8/c1-50-20-17-34-26-41(54-3)43-28-37(34)38(50)23-30-9-14-36(15-10-30)58-42-25-32(11-16-40(42)57-22-6-19-49-48(53)33-12-7-31(29-52)8-13-33)24-39-45-35(18-21-51(39)2)27-44(55-4)46(56-5)47(45)59-43/h7-16,25-29,38-39H,6,17-24H2,1-5H3,(H,49,53)/t38?,39-/m1/s1. The fourth-order valence-corrected chi connectivity index (χ4v) is 8.50. The third-order valence-corrected chi connectivity index (χ3v) is 11.8. The van der Waals surface area contributed by atoms with E-state index in [0.717, 1.165) is 55.3 Å². The van der Waals surface area contributed by atoms with Crippen molar-refractivity contribution in [3.05, 3.63) is 129 Å². The molecule has 0 aliphatic carbocycles. The Bertz CT molecular complexity index is 2330. The van der Waals surface area contributed by atoms with E-state index < -0.39 is 0 Å². The van der Waals surface area contributed by atoms with Gasteiger partial charge in [0.1, 0.15) is 12.0 Å². The molecule has 0 radical (unpaired) electrons. The number of nitrogens with one attached hydrogen (secondary N) is 1. The molecule has 1 N–H and O–H groups in total. The summed E-state index contributed by atoms with van der Waals surface area (Å²) in [5.41, 5.74) is 7.92. The molecule has 4 aliphatic heterocycles. The number of hydrogen-bond donors (Lipinski definition) is 1. The lowest BCUT2D eigenvalue weighted by Gasteiger charge is -2.37. The number of rotatable bonds is 10. The van der Waals surface area contributed by atoms with Gasteiger partial charge in [0.05, 0.1) is 27.9 Å². The van der Waals surface area contributed by atoms with Gasteiger partial charge >= 0.3 is 0 Å². The van der Waals surface area contributed by atoms with E-state index in [9.17, 15) is 9.59 Å². The van der Waals surface area contributed by atoms with Gasteiger partial charge < -0.3 is 33.7 Å². The number of fused-ring (bicyclic) bond motifs is 2. The Balaban J connectivity index is 1.15. The summed E-state index contributed by atoms with van der Waals surface area (Å²) in [5.74, 6) is 4.81. The van der Waals surface area contributed by atoms with Crippen molar-refractivity contribution in [2.24, 2.45) is 0 Å². The van der Waals surface area contributed by atoms with E-state index in [4.69, 9.17) is 28.4 Å². The first-order valence-corrected chi connectivity index (χ1v) is 20.2. The van der Waals surface area contributed by atoms with Crippen LogP contribution in [0.2, 0.25) is 0 Å². The molecule has 59 heavy (non-hydrogen) atoms. The highest BCUT2D eigenvalue weighted by molar-refractivity contribution is 5.94. The molecular formula is C48H51N3O8. The molecule has 0 saturated heterocycles. The molecule has 5 aromatic carbocycles. The molecule has 0 saturated carbocycles. The summed E-state index contributed by atoms with van der Waals surface area (Å²) in [6.07, 6.45) is 4.51. The summed E-state index contributed by atoms with van der Waals surface area (Å²) in [6, 6.07) is 27.4. The van der Waals surface area contributed by atoms with Crippen molar-refractivity contribution in [3.63, 3.8) is 0 Å². The summed E-state index contributed by atoms with van der Waals surface area (Å²) >= 11 is 0. The largest absolute Gasteiger partial charge is 0.493 e. The smallest absolute Gasteiger partial charge is 0.251 e. The molecule has 11 nitrogen and oxygen atoms in total. The maximum atomic E-state index is 12.7. The first kappa shape index (κ1) is 39.8. The number of benzene rings is 5. The summed E-state index contributed by atoms with van der Waals surface area (Å²) in [5, 5.41) is 2.94. The Hall–Kier alpha value is -6.04. The Morgan fingerprint density at radius 3 is 2.15 bits per heavy atom. The highest BCUT2D eigenvalue weighted by atomic mass is 16.5. The third-order valence-electron chi connectivity index (χ3n) is 11.8. The monoisotopic (exact) mass is 797 g/mol. The molecule has 2 atom stereocenters. The van der Waals surface area contributed by atoms with E-state index in [1.54, 1.807) is 45.6 Å². The van der Waals surface area contributed by atoms with Gasteiger partial charge in [-0.3, -0.25) is 19.4 Å². The Morgan fingerprint density at radius 2 is 1.42 bits per heavy atom. The lowest BCUT2D eigenvalue weighted by Crippen LogP contribution is -2.34. The molecule has 0 aromatic heterocycles. The van der Waals surface area contributed by atoms with Crippen LogP contribution in [0.3, 0.4) is 0 Å². The maximum Gasteiger partial charge on any atom is 0.251 e. The van der Waals surface area contributed by atoms with Crippen LogP contribution in [0, 0.1) is 0 Å². The Labute approximate surface area is 345 Å². The summed E-state index contributed by atoms with van der Waals surface area (Å²) in [4.78, 5) is 28.4. The van der Waals surface area contributed by atoms with Crippen LogP contribution in [-0.2, 0) is 25.7 Å². The maximum absolute atomic E-state index is 12.7. The lowest BCUT2D eigenvalue weighted by atomic mass is 9.87.